The summed E-state index contributed by atoms with van der Waals surface area (Å²) in [5.74, 6) is 0.135. The fourth-order valence-corrected chi connectivity index (χ4v) is 2.43. The zero-order chi connectivity index (χ0) is 16.7. The van der Waals surface area contributed by atoms with Gasteiger partial charge in [0.1, 0.15) is 12.1 Å². The van der Waals surface area contributed by atoms with Crippen LogP contribution in [0.3, 0.4) is 0 Å². The van der Waals surface area contributed by atoms with E-state index in [9.17, 15) is 9.90 Å². The van der Waals surface area contributed by atoms with E-state index >= 15 is 0 Å². The molecule has 1 aromatic heterocycles. The molecule has 2 rings (SSSR count). The average Bonchev–Trinajstić information content (AvgIpc) is 2.89. The van der Waals surface area contributed by atoms with E-state index in [0.717, 1.165) is 11.1 Å². The van der Waals surface area contributed by atoms with Crippen molar-refractivity contribution in [3.8, 4) is 5.75 Å². The largest absolute Gasteiger partial charge is 0.507 e. The number of carbonyl (C=O) groups excluding carboxylic acids is 1. The Labute approximate surface area is 131 Å². The highest BCUT2D eigenvalue weighted by Crippen LogP contribution is 2.39. The molecule has 0 bridgehead atoms. The topological polar surface area (TPSA) is 55.1 Å². The van der Waals surface area contributed by atoms with E-state index in [0.29, 0.717) is 5.56 Å². The molecule has 1 aromatic carbocycles. The van der Waals surface area contributed by atoms with Gasteiger partial charge in [-0.1, -0.05) is 41.5 Å². The van der Waals surface area contributed by atoms with Gasteiger partial charge in [-0.05, 0) is 23.0 Å². The van der Waals surface area contributed by atoms with Crippen LogP contribution in [0.25, 0.3) is 0 Å². The van der Waals surface area contributed by atoms with Gasteiger partial charge >= 0.3 is 0 Å². The second kappa shape index (κ2) is 5.27. The first-order valence-electron chi connectivity index (χ1n) is 7.42. The quantitative estimate of drug-likeness (QED) is 0.869. The summed E-state index contributed by atoms with van der Waals surface area (Å²) in [5, 5.41) is 10.7. The summed E-state index contributed by atoms with van der Waals surface area (Å²) in [6.07, 6.45) is 4.69. The molecule has 118 valence electrons. The predicted octanol–water partition coefficient (Wildman–Crippen LogP) is 3.87. The van der Waals surface area contributed by atoms with Crippen LogP contribution in [0, 0.1) is 0 Å². The molecule has 0 aliphatic carbocycles. The standard InChI is InChI=1S/C18H24N2O2/c1-17(2,3)13-9-12(16(22)20-8-7-19-11-20)10-14(15(13)21)18(4,5)6/h7-11,21H,1-6H3. The van der Waals surface area contributed by atoms with Gasteiger partial charge < -0.3 is 5.11 Å². The minimum Gasteiger partial charge on any atom is -0.507 e. The molecule has 4 nitrogen and oxygen atoms in total. The van der Waals surface area contributed by atoms with Crippen molar-refractivity contribution in [3.63, 3.8) is 0 Å². The van der Waals surface area contributed by atoms with Gasteiger partial charge in [-0.3, -0.25) is 9.36 Å². The molecule has 0 saturated heterocycles. The van der Waals surface area contributed by atoms with Gasteiger partial charge in [0, 0.05) is 29.1 Å². The van der Waals surface area contributed by atoms with Gasteiger partial charge in [-0.2, -0.15) is 0 Å². The van der Waals surface area contributed by atoms with Crippen molar-refractivity contribution in [1.29, 1.82) is 0 Å². The Kier molecular flexibility index (Phi) is 3.90. The van der Waals surface area contributed by atoms with Crippen molar-refractivity contribution in [2.75, 3.05) is 0 Å². The number of aromatic hydroxyl groups is 1. The third-order valence-electron chi connectivity index (χ3n) is 3.71. The minimum atomic E-state index is -0.255. The summed E-state index contributed by atoms with van der Waals surface area (Å²) >= 11 is 0. The van der Waals surface area contributed by atoms with Gasteiger partial charge in [-0.15, -0.1) is 0 Å². The lowest BCUT2D eigenvalue weighted by Gasteiger charge is -2.28. The predicted molar refractivity (Wildman–Crippen MR) is 87.5 cm³/mol. The Hall–Kier alpha value is -2.10. The number of phenols is 1. The fraction of sp³-hybridized carbons (Fsp3) is 0.444. The van der Waals surface area contributed by atoms with E-state index in [1.54, 1.807) is 24.5 Å². The highest BCUT2D eigenvalue weighted by atomic mass is 16.3. The van der Waals surface area contributed by atoms with Crippen molar-refractivity contribution in [2.24, 2.45) is 0 Å². The van der Waals surface area contributed by atoms with Crippen LogP contribution < -0.4 is 0 Å². The zero-order valence-electron chi connectivity index (χ0n) is 14.1. The smallest absolute Gasteiger partial charge is 0.263 e. The lowest BCUT2D eigenvalue weighted by molar-refractivity contribution is 0.0959. The highest BCUT2D eigenvalue weighted by molar-refractivity contribution is 5.96. The van der Waals surface area contributed by atoms with Crippen molar-refractivity contribution >= 4 is 5.91 Å². The maximum absolute atomic E-state index is 12.6. The van der Waals surface area contributed by atoms with Gasteiger partial charge in [0.2, 0.25) is 0 Å². The number of carbonyl (C=O) groups is 1. The molecule has 22 heavy (non-hydrogen) atoms. The molecule has 2 aromatic rings. The van der Waals surface area contributed by atoms with Crippen LogP contribution in [0.1, 0.15) is 63.0 Å². The number of hydrogen-bond donors (Lipinski definition) is 1. The van der Waals surface area contributed by atoms with Gasteiger partial charge in [0.25, 0.3) is 5.91 Å². The summed E-state index contributed by atoms with van der Waals surface area (Å²) < 4.78 is 1.45. The molecule has 4 heteroatoms. The molecule has 0 atom stereocenters. The van der Waals surface area contributed by atoms with Crippen LogP contribution in [0.5, 0.6) is 5.75 Å². The lowest BCUT2D eigenvalue weighted by Crippen LogP contribution is -2.20. The summed E-state index contributed by atoms with van der Waals surface area (Å²) in [4.78, 5) is 16.5. The maximum Gasteiger partial charge on any atom is 0.263 e. The molecule has 0 amide bonds. The van der Waals surface area contributed by atoms with E-state index in [4.69, 9.17) is 0 Å². The molecule has 1 heterocycles. The minimum absolute atomic E-state index is 0.145. The third-order valence-corrected chi connectivity index (χ3v) is 3.71. The second-order valence-electron chi connectivity index (χ2n) is 7.70. The van der Waals surface area contributed by atoms with E-state index in [2.05, 4.69) is 4.98 Å². The number of hydrogen-bond acceptors (Lipinski definition) is 3. The number of phenolic OH excluding ortho intramolecular Hbond substituents is 1. The van der Waals surface area contributed by atoms with E-state index in [-0.39, 0.29) is 22.5 Å². The van der Waals surface area contributed by atoms with E-state index < -0.39 is 0 Å². The molecule has 0 spiro atoms. The first-order chi connectivity index (χ1) is 10.0. The summed E-state index contributed by atoms with van der Waals surface area (Å²) in [6.45, 7) is 12.2. The van der Waals surface area contributed by atoms with Gasteiger partial charge in [-0.25, -0.2) is 4.98 Å². The summed E-state index contributed by atoms with van der Waals surface area (Å²) in [7, 11) is 0. The molecule has 0 saturated carbocycles. The monoisotopic (exact) mass is 300 g/mol. The average molecular weight is 300 g/mol. The lowest BCUT2D eigenvalue weighted by atomic mass is 9.78. The first kappa shape index (κ1) is 16.3. The highest BCUT2D eigenvalue weighted by Gasteiger charge is 2.28. The number of aromatic nitrogens is 2. The number of nitrogens with zero attached hydrogens (tertiary/aromatic N) is 2. The van der Waals surface area contributed by atoms with Gasteiger partial charge in [0.05, 0.1) is 0 Å². The molecular weight excluding hydrogens is 276 g/mol. The Morgan fingerprint density at radius 1 is 1.05 bits per heavy atom. The van der Waals surface area contributed by atoms with Crippen LogP contribution >= 0.6 is 0 Å². The molecule has 0 aliphatic rings. The molecule has 0 aliphatic heterocycles. The van der Waals surface area contributed by atoms with Crippen LogP contribution in [-0.2, 0) is 10.8 Å². The molecule has 0 unspecified atom stereocenters. The van der Waals surface area contributed by atoms with Crippen molar-refractivity contribution < 1.29 is 9.90 Å². The second-order valence-corrected chi connectivity index (χ2v) is 7.70. The molecule has 0 radical (unpaired) electrons. The first-order valence-corrected chi connectivity index (χ1v) is 7.42. The summed E-state index contributed by atoms with van der Waals surface area (Å²) in [5.41, 5.74) is 1.61. The SMILES string of the molecule is CC(C)(C)c1cc(C(=O)n2ccnc2)cc(C(C)(C)C)c1O. The normalized spacial score (nSPS) is 12.5. The number of benzene rings is 1. The molecule has 0 fully saturated rings. The zero-order valence-corrected chi connectivity index (χ0v) is 14.1. The van der Waals surface area contributed by atoms with Crippen LogP contribution in [0.2, 0.25) is 0 Å². The summed E-state index contributed by atoms with van der Waals surface area (Å²) in [6, 6.07) is 3.57. The molecule has 1 N–H and O–H groups in total. The Morgan fingerprint density at radius 3 is 1.91 bits per heavy atom. The van der Waals surface area contributed by atoms with Crippen LogP contribution in [-0.4, -0.2) is 20.6 Å². The number of imidazole rings is 1. The van der Waals surface area contributed by atoms with E-state index in [1.165, 1.54) is 10.9 Å². The Balaban J connectivity index is 2.68. The maximum atomic E-state index is 12.6. The van der Waals surface area contributed by atoms with Crippen molar-refractivity contribution in [1.82, 2.24) is 9.55 Å². The van der Waals surface area contributed by atoms with Gasteiger partial charge in [0.15, 0.2) is 0 Å². The van der Waals surface area contributed by atoms with Crippen LogP contribution in [0.15, 0.2) is 30.9 Å². The van der Waals surface area contributed by atoms with Crippen LogP contribution in [0.4, 0.5) is 0 Å². The Morgan fingerprint density at radius 2 is 1.55 bits per heavy atom. The fourth-order valence-electron chi connectivity index (χ4n) is 2.43. The van der Waals surface area contributed by atoms with Crippen molar-refractivity contribution in [2.45, 2.75) is 52.4 Å². The molecular formula is C18H24N2O2. The third kappa shape index (κ3) is 3.06. The Bertz CT molecular complexity index is 652. The number of rotatable bonds is 1. The van der Waals surface area contributed by atoms with Crippen molar-refractivity contribution in [3.05, 3.63) is 47.5 Å². The van der Waals surface area contributed by atoms with E-state index in [1.807, 2.05) is 41.5 Å².